The molecular formula is C47H54ClFN2O7. The second-order valence-electron chi connectivity index (χ2n) is 15.9. The van der Waals surface area contributed by atoms with E-state index in [1.807, 2.05) is 24.3 Å². The van der Waals surface area contributed by atoms with Gasteiger partial charge in [0, 0.05) is 45.3 Å². The predicted molar refractivity (Wildman–Crippen MR) is 225 cm³/mol. The summed E-state index contributed by atoms with van der Waals surface area (Å²) in [5.74, 6) is 0.613. The second kappa shape index (κ2) is 18.4. The van der Waals surface area contributed by atoms with E-state index in [2.05, 4.69) is 25.2 Å². The van der Waals surface area contributed by atoms with E-state index in [4.69, 9.17) is 25.8 Å². The summed E-state index contributed by atoms with van der Waals surface area (Å²) in [6.45, 7) is 4.21. The van der Waals surface area contributed by atoms with Gasteiger partial charge < -0.3 is 34.6 Å². The fourth-order valence-corrected chi connectivity index (χ4v) is 9.01. The van der Waals surface area contributed by atoms with Crippen LogP contribution in [-0.2, 0) is 19.4 Å². The Labute approximate surface area is 345 Å². The Bertz CT molecular complexity index is 2120. The van der Waals surface area contributed by atoms with E-state index in [9.17, 15) is 19.8 Å². The molecule has 3 aliphatic carbocycles. The number of halogens is 2. The highest BCUT2D eigenvalue weighted by molar-refractivity contribution is 6.31. The van der Waals surface area contributed by atoms with Gasteiger partial charge in [0.1, 0.15) is 23.1 Å². The number of benzene rings is 4. The van der Waals surface area contributed by atoms with E-state index in [1.54, 1.807) is 68.7 Å². The van der Waals surface area contributed by atoms with Gasteiger partial charge in [0.15, 0.2) is 5.78 Å². The van der Waals surface area contributed by atoms with Gasteiger partial charge in [-0.1, -0.05) is 48.4 Å². The van der Waals surface area contributed by atoms with Crippen LogP contribution in [0.5, 0.6) is 17.2 Å². The number of aliphatic hydroxyl groups is 2. The van der Waals surface area contributed by atoms with Crippen LogP contribution in [0.25, 0.3) is 0 Å². The molecule has 0 radical (unpaired) electrons. The van der Waals surface area contributed by atoms with Crippen molar-refractivity contribution < 1.29 is 38.4 Å². The highest BCUT2D eigenvalue weighted by Gasteiger charge is 2.57. The van der Waals surface area contributed by atoms with Crippen LogP contribution in [-0.4, -0.2) is 66.5 Å². The highest BCUT2D eigenvalue weighted by atomic mass is 35.5. The molecular weight excluding hydrogens is 759 g/mol. The fraction of sp³-hybridized carbons (Fsp3) is 0.404. The lowest BCUT2D eigenvalue weighted by Crippen LogP contribution is -2.54. The van der Waals surface area contributed by atoms with Gasteiger partial charge in [-0.15, -0.1) is 0 Å². The molecule has 4 atom stereocenters. The standard InChI is InChI=1S/C47H54ClFN2O7/c1-30-8-7-22-46(2)40(37-20-12-31(24-34(52)16-11-30)25-38(37)43(53)27-39-41(48)9-6-10-42(39)49)21-23-47(46,55)29-51(28-32-13-17-36(57-4)26-44(32)58-5)45(54)50-33-14-18-35(56-3)19-15-33/h6,8-10,12-15,17-20,25-26,34,40,52,55H,7,11,16,21-24,27-29H2,1-5H3,(H,50,54). The van der Waals surface area contributed by atoms with E-state index in [1.165, 1.54) is 12.1 Å². The molecule has 0 heterocycles. The van der Waals surface area contributed by atoms with Crippen LogP contribution in [0.3, 0.4) is 0 Å². The summed E-state index contributed by atoms with van der Waals surface area (Å²) in [6.07, 6.45) is 4.96. The average Bonchev–Trinajstić information content (AvgIpc) is 3.46. The SMILES string of the molecule is COc1ccc(NC(=O)N(Cc2ccc(OC)cc2OC)CC2(O)CCC3c4ccc(cc4C(=O)Cc4c(F)cccc4Cl)CC(O)CCC(C)=CCCC32C)cc1. The maximum Gasteiger partial charge on any atom is 0.322 e. The van der Waals surface area contributed by atoms with Gasteiger partial charge in [-0.25, -0.2) is 9.18 Å². The number of fused-ring (bicyclic) bond motifs is 8. The lowest BCUT2D eigenvalue weighted by atomic mass is 9.64. The first kappa shape index (κ1) is 42.7. The number of ether oxygens (including phenoxy) is 3. The molecule has 4 aromatic rings. The first-order chi connectivity index (χ1) is 27.8. The van der Waals surface area contributed by atoms with Gasteiger partial charge >= 0.3 is 6.03 Å². The van der Waals surface area contributed by atoms with Crippen molar-refractivity contribution in [3.05, 3.63) is 129 Å². The van der Waals surface area contributed by atoms with Crippen molar-refractivity contribution in [2.24, 2.45) is 5.41 Å². The van der Waals surface area contributed by atoms with E-state index in [0.717, 1.165) is 22.3 Å². The topological polar surface area (TPSA) is 118 Å². The first-order valence-corrected chi connectivity index (χ1v) is 20.2. The molecule has 0 aromatic heterocycles. The molecule has 1 fully saturated rings. The molecule has 308 valence electrons. The molecule has 0 saturated heterocycles. The molecule has 7 rings (SSSR count). The third-order valence-corrected chi connectivity index (χ3v) is 12.7. The van der Waals surface area contributed by atoms with Gasteiger partial charge in [-0.05, 0) is 124 Å². The van der Waals surface area contributed by atoms with Crippen LogP contribution < -0.4 is 19.5 Å². The Morgan fingerprint density at radius 3 is 2.40 bits per heavy atom. The van der Waals surface area contributed by atoms with Crippen molar-refractivity contribution in [1.29, 1.82) is 0 Å². The van der Waals surface area contributed by atoms with Crippen molar-refractivity contribution in [1.82, 2.24) is 4.90 Å². The molecule has 58 heavy (non-hydrogen) atoms. The average molecular weight is 813 g/mol. The molecule has 2 bridgehead atoms. The van der Waals surface area contributed by atoms with Gasteiger partial charge in [-0.3, -0.25) is 4.79 Å². The van der Waals surface area contributed by atoms with Gasteiger partial charge in [-0.2, -0.15) is 0 Å². The number of nitrogens with zero attached hydrogens (tertiary/aromatic N) is 1. The van der Waals surface area contributed by atoms with Gasteiger partial charge in [0.05, 0.1) is 46.1 Å². The number of Topliss-reactive ketones (excluding diaryl/α,β-unsaturated/α-hetero) is 1. The monoisotopic (exact) mass is 812 g/mol. The highest BCUT2D eigenvalue weighted by Crippen LogP contribution is 2.59. The molecule has 11 heteroatoms. The zero-order valence-electron chi connectivity index (χ0n) is 33.9. The smallest absolute Gasteiger partial charge is 0.322 e. The van der Waals surface area contributed by atoms with Crippen LogP contribution in [0.15, 0.2) is 90.5 Å². The van der Waals surface area contributed by atoms with Crippen molar-refractivity contribution in [2.45, 2.75) is 89.4 Å². The van der Waals surface area contributed by atoms with E-state index < -0.39 is 29.0 Å². The number of ketones is 1. The van der Waals surface area contributed by atoms with Gasteiger partial charge in [0.25, 0.3) is 0 Å². The number of aliphatic hydroxyl groups excluding tert-OH is 1. The third-order valence-electron chi connectivity index (χ3n) is 12.3. The number of anilines is 1. The van der Waals surface area contributed by atoms with Gasteiger partial charge in [0.2, 0.25) is 0 Å². The van der Waals surface area contributed by atoms with Crippen LogP contribution in [0.4, 0.5) is 14.9 Å². The minimum absolute atomic E-state index is 0.0295. The lowest BCUT2D eigenvalue weighted by molar-refractivity contribution is -0.0773. The summed E-state index contributed by atoms with van der Waals surface area (Å²) in [7, 11) is 4.71. The Morgan fingerprint density at radius 1 is 0.948 bits per heavy atom. The Kier molecular flexibility index (Phi) is 13.5. The molecule has 4 aromatic carbocycles. The van der Waals surface area contributed by atoms with Crippen LogP contribution in [0.1, 0.15) is 90.9 Å². The molecule has 4 unspecified atom stereocenters. The summed E-state index contributed by atoms with van der Waals surface area (Å²) in [5, 5.41) is 27.4. The zero-order valence-corrected chi connectivity index (χ0v) is 34.7. The van der Waals surface area contributed by atoms with Crippen molar-refractivity contribution in [3.63, 3.8) is 0 Å². The number of urea groups is 1. The Balaban J connectivity index is 1.42. The summed E-state index contributed by atoms with van der Waals surface area (Å²) in [5.41, 5.74) is 2.25. The number of allylic oxidation sites excluding steroid dienone is 2. The molecule has 3 aliphatic rings. The second-order valence-corrected chi connectivity index (χ2v) is 16.3. The Morgan fingerprint density at radius 2 is 1.69 bits per heavy atom. The third kappa shape index (κ3) is 9.35. The van der Waals surface area contributed by atoms with Crippen LogP contribution >= 0.6 is 11.6 Å². The molecule has 3 N–H and O–H groups in total. The number of carbonyl (C=O) groups is 2. The maximum absolute atomic E-state index is 15.1. The quantitative estimate of drug-likeness (QED) is 0.102. The predicted octanol–water partition coefficient (Wildman–Crippen LogP) is 9.70. The minimum atomic E-state index is -1.42. The van der Waals surface area contributed by atoms with Crippen molar-refractivity contribution >= 4 is 29.1 Å². The normalized spacial score (nSPS) is 22.0. The zero-order chi connectivity index (χ0) is 41.6. The summed E-state index contributed by atoms with van der Waals surface area (Å²) >= 11 is 6.41. The number of methoxy groups -OCH3 is 3. The number of nitrogens with one attached hydrogen (secondary N) is 1. The number of hydrogen-bond acceptors (Lipinski definition) is 7. The molecule has 2 amide bonds. The lowest BCUT2D eigenvalue weighted by Gasteiger charge is -2.46. The summed E-state index contributed by atoms with van der Waals surface area (Å²) in [6, 6.07) is 22.1. The number of hydrogen-bond donors (Lipinski definition) is 3. The van der Waals surface area contributed by atoms with Crippen LogP contribution in [0, 0.1) is 11.2 Å². The fourth-order valence-electron chi connectivity index (χ4n) is 8.78. The molecule has 0 aliphatic heterocycles. The maximum atomic E-state index is 15.1. The Hall–Kier alpha value is -4.90. The molecule has 0 spiro atoms. The van der Waals surface area contributed by atoms with E-state index >= 15 is 4.39 Å². The number of rotatable bonds is 11. The summed E-state index contributed by atoms with van der Waals surface area (Å²) < 4.78 is 31.5. The largest absolute Gasteiger partial charge is 0.497 e. The number of amides is 2. The van der Waals surface area contributed by atoms with E-state index in [-0.39, 0.29) is 41.8 Å². The summed E-state index contributed by atoms with van der Waals surface area (Å²) in [4.78, 5) is 30.4. The first-order valence-electron chi connectivity index (χ1n) is 19.8. The van der Waals surface area contributed by atoms with Crippen molar-refractivity contribution in [3.8, 4) is 17.2 Å². The molecule has 1 saturated carbocycles. The van der Waals surface area contributed by atoms with Crippen molar-refractivity contribution in [2.75, 3.05) is 33.2 Å². The minimum Gasteiger partial charge on any atom is -0.497 e. The number of carbonyl (C=O) groups excluding carboxylic acids is 2. The van der Waals surface area contributed by atoms with E-state index in [0.29, 0.717) is 73.4 Å². The molecule has 9 nitrogen and oxygen atoms in total. The van der Waals surface area contributed by atoms with Crippen LogP contribution in [0.2, 0.25) is 5.02 Å².